The van der Waals surface area contributed by atoms with Gasteiger partial charge in [0.05, 0.1) is 34.2 Å². The largest absolute Gasteiger partial charge is 0.370 e. The molecule has 218 valence electrons. The number of piperidine rings is 1. The van der Waals surface area contributed by atoms with Gasteiger partial charge in [-0.15, -0.1) is 0 Å². The average Bonchev–Trinajstić information content (AvgIpc) is 3.48. The van der Waals surface area contributed by atoms with Crippen LogP contribution < -0.4 is 15.1 Å². The Bertz CT molecular complexity index is 1610. The predicted molar refractivity (Wildman–Crippen MR) is 179 cm³/mol. The number of benzene rings is 2. The van der Waals surface area contributed by atoms with Crippen LogP contribution in [0.1, 0.15) is 72.5 Å². The van der Waals surface area contributed by atoms with E-state index in [0.29, 0.717) is 5.11 Å². The molecule has 0 bridgehead atoms. The van der Waals surface area contributed by atoms with Crippen LogP contribution in [0, 0.1) is 26.7 Å². The minimum absolute atomic E-state index is 0.0980. The second-order valence-corrected chi connectivity index (χ2v) is 12.7. The molecule has 2 aromatic carbocycles. The lowest BCUT2D eigenvalue weighted by atomic mass is 9.96. The highest BCUT2D eigenvalue weighted by Crippen LogP contribution is 2.45. The first-order valence-electron chi connectivity index (χ1n) is 15.1. The second-order valence-electron chi connectivity index (χ2n) is 11.9. The molecule has 2 saturated heterocycles. The summed E-state index contributed by atoms with van der Waals surface area (Å²) in [5, 5.41) is 5.08. The van der Waals surface area contributed by atoms with Crippen molar-refractivity contribution >= 4 is 40.3 Å². The van der Waals surface area contributed by atoms with Gasteiger partial charge in [0.25, 0.3) is 0 Å². The zero-order valence-corrected chi connectivity index (χ0v) is 26.8. The number of rotatable bonds is 6. The third kappa shape index (κ3) is 5.09. The van der Waals surface area contributed by atoms with Crippen LogP contribution in [0.4, 0.5) is 11.4 Å². The molecule has 7 heteroatoms. The minimum Gasteiger partial charge on any atom is -0.370 e. The number of halogens is 1. The van der Waals surface area contributed by atoms with E-state index in [1.807, 2.05) is 18.3 Å². The Balaban J connectivity index is 1.46. The number of nitrogens with one attached hydrogen (secondary N) is 1. The van der Waals surface area contributed by atoms with E-state index in [4.69, 9.17) is 28.8 Å². The first kappa shape index (κ1) is 28.8. The molecule has 1 N–H and O–H groups in total. The maximum atomic E-state index is 7.02. The first-order chi connectivity index (χ1) is 20.3. The van der Waals surface area contributed by atoms with Crippen molar-refractivity contribution in [3.8, 4) is 5.69 Å². The third-order valence-corrected chi connectivity index (χ3v) is 9.76. The van der Waals surface area contributed by atoms with Crippen molar-refractivity contribution in [1.82, 2.24) is 14.9 Å². The summed E-state index contributed by atoms with van der Waals surface area (Å²) in [7, 11) is 0. The molecular weight excluding hydrogens is 558 g/mol. The van der Waals surface area contributed by atoms with Crippen molar-refractivity contribution in [2.45, 2.75) is 66.0 Å². The fraction of sp³-hybridized carbons (Fsp3) is 0.371. The number of aryl methyl sites for hydroxylation is 3. The summed E-state index contributed by atoms with van der Waals surface area (Å²) in [5.74, 6) is 0.767. The van der Waals surface area contributed by atoms with Crippen LogP contribution in [0.5, 0.6) is 0 Å². The molecule has 6 rings (SSSR count). The smallest absolute Gasteiger partial charge is 0.174 e. The fourth-order valence-corrected chi connectivity index (χ4v) is 7.50. The van der Waals surface area contributed by atoms with Crippen LogP contribution >= 0.6 is 23.8 Å². The summed E-state index contributed by atoms with van der Waals surface area (Å²) in [4.78, 5) is 9.43. The van der Waals surface area contributed by atoms with Gasteiger partial charge >= 0.3 is 0 Å². The normalized spacial score (nSPS) is 19.4. The van der Waals surface area contributed by atoms with Gasteiger partial charge in [-0.1, -0.05) is 49.7 Å². The molecule has 2 atom stereocenters. The Kier molecular flexibility index (Phi) is 8.03. The van der Waals surface area contributed by atoms with Gasteiger partial charge in [0.15, 0.2) is 5.11 Å². The number of thiocarbonyl (C=S) groups is 1. The van der Waals surface area contributed by atoms with Gasteiger partial charge in [-0.05, 0) is 111 Å². The molecule has 5 nitrogen and oxygen atoms in total. The molecule has 0 radical (unpaired) electrons. The second kappa shape index (κ2) is 11.7. The predicted octanol–water partition coefficient (Wildman–Crippen LogP) is 8.43. The number of hydrogen-bond acceptors (Lipinski definition) is 3. The molecule has 2 aliphatic rings. The SMILES string of the molecule is CCc1cccc(C)c1-n1c(C)cc(C2C(c3ccccn3)NC(=S)N2c2ccc(N3CCC(C)CC3)c(Cl)c2)c1C. The average molecular weight is 598 g/mol. The fourth-order valence-electron chi connectivity index (χ4n) is 6.86. The summed E-state index contributed by atoms with van der Waals surface area (Å²) in [6.07, 6.45) is 5.22. The molecule has 4 aromatic rings. The number of anilines is 2. The maximum Gasteiger partial charge on any atom is 0.174 e. The maximum absolute atomic E-state index is 7.02. The topological polar surface area (TPSA) is 36.3 Å². The number of nitrogens with zero attached hydrogens (tertiary/aromatic N) is 4. The third-order valence-electron chi connectivity index (χ3n) is 9.15. The highest BCUT2D eigenvalue weighted by molar-refractivity contribution is 7.80. The standard InChI is InChI=1S/C35H40ClN5S/c1-6-26-11-9-10-23(3)33(26)40-24(4)20-28(25(40)5)34-32(30-12-7-8-17-37-30)38-35(42)41(34)27-13-14-31(29(36)21-27)39-18-15-22(2)16-19-39/h7-14,17,20-22,32,34H,6,15-16,18-19H2,1-5H3,(H,38,42). The summed E-state index contributed by atoms with van der Waals surface area (Å²) >= 11 is 13.1. The lowest BCUT2D eigenvalue weighted by molar-refractivity contribution is 0.438. The molecule has 0 spiro atoms. The molecule has 4 heterocycles. The van der Waals surface area contributed by atoms with Crippen LogP contribution in [-0.4, -0.2) is 27.8 Å². The minimum atomic E-state index is -0.114. The van der Waals surface area contributed by atoms with Gasteiger partial charge in [0.1, 0.15) is 0 Å². The highest BCUT2D eigenvalue weighted by Gasteiger charge is 2.42. The Morgan fingerprint density at radius 1 is 1.00 bits per heavy atom. The number of hydrogen-bond donors (Lipinski definition) is 1. The van der Waals surface area contributed by atoms with Crippen molar-refractivity contribution in [3.05, 3.63) is 106 Å². The Morgan fingerprint density at radius 3 is 2.48 bits per heavy atom. The molecule has 2 aliphatic heterocycles. The Morgan fingerprint density at radius 2 is 1.79 bits per heavy atom. The number of pyridine rings is 1. The van der Waals surface area contributed by atoms with Crippen molar-refractivity contribution < 1.29 is 0 Å². The molecule has 0 saturated carbocycles. The van der Waals surface area contributed by atoms with E-state index in [1.54, 1.807) is 0 Å². The van der Waals surface area contributed by atoms with Crippen LogP contribution in [0.25, 0.3) is 5.69 Å². The van der Waals surface area contributed by atoms with Crippen LogP contribution in [0.2, 0.25) is 5.02 Å². The van der Waals surface area contributed by atoms with E-state index in [1.165, 1.54) is 46.6 Å². The highest BCUT2D eigenvalue weighted by atomic mass is 35.5. The van der Waals surface area contributed by atoms with Gasteiger partial charge in [-0.25, -0.2) is 0 Å². The van der Waals surface area contributed by atoms with Gasteiger partial charge < -0.3 is 19.7 Å². The van der Waals surface area contributed by atoms with E-state index in [9.17, 15) is 0 Å². The molecular formula is C35H40ClN5S. The van der Waals surface area contributed by atoms with E-state index in [-0.39, 0.29) is 12.1 Å². The molecule has 2 fully saturated rings. The zero-order chi connectivity index (χ0) is 29.5. The molecule has 0 aliphatic carbocycles. The molecule has 0 amide bonds. The van der Waals surface area contributed by atoms with E-state index < -0.39 is 0 Å². The summed E-state index contributed by atoms with van der Waals surface area (Å²) < 4.78 is 2.42. The zero-order valence-electron chi connectivity index (χ0n) is 25.2. The summed E-state index contributed by atoms with van der Waals surface area (Å²) in [6.45, 7) is 13.3. The lowest BCUT2D eigenvalue weighted by Crippen LogP contribution is -2.33. The van der Waals surface area contributed by atoms with Crippen molar-refractivity contribution in [2.75, 3.05) is 22.9 Å². The lowest BCUT2D eigenvalue weighted by Gasteiger charge is -2.33. The van der Waals surface area contributed by atoms with Crippen molar-refractivity contribution in [1.29, 1.82) is 0 Å². The summed E-state index contributed by atoms with van der Waals surface area (Å²) in [6, 6.07) is 21.2. The molecule has 42 heavy (non-hydrogen) atoms. The van der Waals surface area contributed by atoms with Crippen LogP contribution in [-0.2, 0) is 6.42 Å². The van der Waals surface area contributed by atoms with Crippen LogP contribution in [0.3, 0.4) is 0 Å². The molecule has 2 aromatic heterocycles. The van der Waals surface area contributed by atoms with Gasteiger partial charge in [0, 0.05) is 36.4 Å². The summed E-state index contributed by atoms with van der Waals surface area (Å²) in [5.41, 5.74) is 10.6. The Labute approximate surface area is 260 Å². The monoisotopic (exact) mass is 597 g/mol. The Hall–Kier alpha value is -3.35. The first-order valence-corrected chi connectivity index (χ1v) is 15.9. The number of aromatic nitrogens is 2. The van der Waals surface area contributed by atoms with Gasteiger partial charge in [-0.3, -0.25) is 4.98 Å². The van der Waals surface area contributed by atoms with E-state index >= 15 is 0 Å². The van der Waals surface area contributed by atoms with E-state index in [2.05, 4.69) is 103 Å². The van der Waals surface area contributed by atoms with Gasteiger partial charge in [-0.2, -0.15) is 0 Å². The molecule has 2 unspecified atom stereocenters. The van der Waals surface area contributed by atoms with Crippen LogP contribution in [0.15, 0.2) is 66.9 Å². The van der Waals surface area contributed by atoms with E-state index in [0.717, 1.165) is 47.5 Å². The van der Waals surface area contributed by atoms with Crippen molar-refractivity contribution in [2.24, 2.45) is 5.92 Å². The quantitative estimate of drug-likeness (QED) is 0.226. The van der Waals surface area contributed by atoms with Crippen molar-refractivity contribution in [3.63, 3.8) is 0 Å². The van der Waals surface area contributed by atoms with Gasteiger partial charge in [0.2, 0.25) is 0 Å². The number of para-hydroxylation sites is 1.